The molecule has 0 aliphatic carbocycles. The quantitative estimate of drug-likeness (QED) is 0.562. The molecule has 1 heterocycles. The van der Waals surface area contributed by atoms with Crippen LogP contribution in [0, 0.1) is 5.92 Å². The van der Waals surface area contributed by atoms with Crippen LogP contribution in [0.25, 0.3) is 0 Å². The summed E-state index contributed by atoms with van der Waals surface area (Å²) in [5, 5.41) is 4.19. The summed E-state index contributed by atoms with van der Waals surface area (Å²) >= 11 is 1.71. The van der Waals surface area contributed by atoms with E-state index in [9.17, 15) is 0 Å². The van der Waals surface area contributed by atoms with Crippen molar-refractivity contribution >= 4 is 11.3 Å². The van der Waals surface area contributed by atoms with E-state index in [1.54, 1.807) is 11.3 Å². The van der Waals surface area contributed by atoms with Crippen molar-refractivity contribution in [3.8, 4) is 0 Å². The van der Waals surface area contributed by atoms with E-state index >= 15 is 0 Å². The Morgan fingerprint density at radius 3 is 3.00 bits per heavy atom. The number of hydrogen-bond acceptors (Lipinski definition) is 3. The normalized spacial score (nSPS) is 10.9. The van der Waals surface area contributed by atoms with Gasteiger partial charge in [-0.25, -0.2) is 0 Å². The molecule has 1 rings (SSSR count). The van der Waals surface area contributed by atoms with Crippen molar-refractivity contribution < 1.29 is 4.84 Å². The lowest BCUT2D eigenvalue weighted by molar-refractivity contribution is 0.0197. The van der Waals surface area contributed by atoms with E-state index in [1.807, 2.05) is 0 Å². The molecule has 0 aliphatic heterocycles. The van der Waals surface area contributed by atoms with Crippen LogP contribution in [-0.2, 0) is 11.4 Å². The highest BCUT2D eigenvalue weighted by molar-refractivity contribution is 7.07. The van der Waals surface area contributed by atoms with Crippen molar-refractivity contribution in [3.63, 3.8) is 0 Å². The Labute approximate surface area is 77.5 Å². The number of nitrogens with one attached hydrogen (secondary N) is 1. The molecule has 1 aromatic rings. The second-order valence-electron chi connectivity index (χ2n) is 3.16. The number of hydrogen-bond donors (Lipinski definition) is 1. The van der Waals surface area contributed by atoms with Gasteiger partial charge in [0.15, 0.2) is 0 Å². The molecule has 0 aliphatic rings. The highest BCUT2D eigenvalue weighted by Gasteiger charge is 1.94. The van der Waals surface area contributed by atoms with Gasteiger partial charge in [0.2, 0.25) is 0 Å². The maximum absolute atomic E-state index is 5.22. The van der Waals surface area contributed by atoms with E-state index in [4.69, 9.17) is 4.84 Å². The highest BCUT2D eigenvalue weighted by atomic mass is 32.1. The van der Waals surface area contributed by atoms with Crippen LogP contribution in [0.4, 0.5) is 0 Å². The van der Waals surface area contributed by atoms with Gasteiger partial charge in [0, 0.05) is 6.54 Å². The minimum Gasteiger partial charge on any atom is -0.301 e. The minimum atomic E-state index is 0.583. The Hall–Kier alpha value is -0.380. The summed E-state index contributed by atoms with van der Waals surface area (Å²) < 4.78 is 0. The zero-order chi connectivity index (χ0) is 8.81. The molecule has 2 nitrogen and oxygen atoms in total. The first kappa shape index (κ1) is 9.71. The summed E-state index contributed by atoms with van der Waals surface area (Å²) in [5.74, 6) is 0.583. The minimum absolute atomic E-state index is 0.583. The average molecular weight is 185 g/mol. The second kappa shape index (κ2) is 5.30. The van der Waals surface area contributed by atoms with Gasteiger partial charge < -0.3 is 4.84 Å². The molecular weight excluding hydrogens is 170 g/mol. The Bertz CT molecular complexity index is 196. The first-order valence-electron chi connectivity index (χ1n) is 4.14. The number of rotatable bonds is 5. The van der Waals surface area contributed by atoms with Crippen molar-refractivity contribution in [2.45, 2.75) is 20.4 Å². The van der Waals surface area contributed by atoms with Gasteiger partial charge in [-0.1, -0.05) is 13.8 Å². The van der Waals surface area contributed by atoms with E-state index < -0.39 is 0 Å². The summed E-state index contributed by atoms with van der Waals surface area (Å²) in [4.78, 5) is 5.22. The number of hydroxylamine groups is 1. The van der Waals surface area contributed by atoms with Gasteiger partial charge in [-0.2, -0.15) is 16.8 Å². The third kappa shape index (κ3) is 3.85. The molecule has 1 N–H and O–H groups in total. The van der Waals surface area contributed by atoms with E-state index in [0.29, 0.717) is 5.92 Å². The molecule has 0 saturated carbocycles. The molecule has 12 heavy (non-hydrogen) atoms. The Balaban J connectivity index is 2.04. The third-order valence-corrected chi connectivity index (χ3v) is 2.11. The summed E-state index contributed by atoms with van der Waals surface area (Å²) in [6.07, 6.45) is 0. The van der Waals surface area contributed by atoms with Crippen LogP contribution in [0.15, 0.2) is 16.8 Å². The summed E-state index contributed by atoms with van der Waals surface area (Å²) in [6.45, 7) is 5.83. The molecule has 0 unspecified atom stereocenters. The van der Waals surface area contributed by atoms with Crippen LogP contribution in [0.5, 0.6) is 0 Å². The molecule has 0 radical (unpaired) electrons. The fourth-order valence-electron chi connectivity index (χ4n) is 0.753. The van der Waals surface area contributed by atoms with Crippen LogP contribution in [-0.4, -0.2) is 6.61 Å². The summed E-state index contributed by atoms with van der Waals surface area (Å²) in [7, 11) is 0. The van der Waals surface area contributed by atoms with Gasteiger partial charge in [-0.05, 0) is 28.3 Å². The van der Waals surface area contributed by atoms with E-state index in [1.165, 1.54) is 5.56 Å². The first-order chi connectivity index (χ1) is 5.79. The molecule has 3 heteroatoms. The van der Waals surface area contributed by atoms with Gasteiger partial charge >= 0.3 is 0 Å². The largest absolute Gasteiger partial charge is 0.301 e. The Morgan fingerprint density at radius 2 is 2.42 bits per heavy atom. The van der Waals surface area contributed by atoms with Crippen LogP contribution >= 0.6 is 11.3 Å². The van der Waals surface area contributed by atoms with Crippen LogP contribution in [0.2, 0.25) is 0 Å². The van der Waals surface area contributed by atoms with E-state index in [-0.39, 0.29) is 0 Å². The molecular formula is C9H15NOS. The molecule has 0 fully saturated rings. The summed E-state index contributed by atoms with van der Waals surface area (Å²) in [6, 6.07) is 2.09. The Kier molecular flexibility index (Phi) is 4.29. The SMILES string of the molecule is CC(C)CONCc1ccsc1. The lowest BCUT2D eigenvalue weighted by Gasteiger charge is -2.06. The predicted octanol–water partition coefficient (Wildman–Crippen LogP) is 2.43. The van der Waals surface area contributed by atoms with Crippen molar-refractivity contribution in [2.24, 2.45) is 5.92 Å². The molecule has 1 aromatic heterocycles. The maximum atomic E-state index is 5.22. The van der Waals surface area contributed by atoms with Crippen LogP contribution in [0.1, 0.15) is 19.4 Å². The van der Waals surface area contributed by atoms with Crippen molar-refractivity contribution in [1.29, 1.82) is 0 Å². The van der Waals surface area contributed by atoms with Gasteiger partial charge in [0.05, 0.1) is 6.61 Å². The maximum Gasteiger partial charge on any atom is 0.0705 e. The van der Waals surface area contributed by atoms with Gasteiger partial charge in [0.25, 0.3) is 0 Å². The lowest BCUT2D eigenvalue weighted by Crippen LogP contribution is -2.16. The molecule has 0 aromatic carbocycles. The average Bonchev–Trinajstić information content (AvgIpc) is 2.49. The van der Waals surface area contributed by atoms with Crippen molar-refractivity contribution in [3.05, 3.63) is 22.4 Å². The van der Waals surface area contributed by atoms with Crippen LogP contribution in [0.3, 0.4) is 0 Å². The second-order valence-corrected chi connectivity index (χ2v) is 3.94. The number of thiophene rings is 1. The zero-order valence-electron chi connectivity index (χ0n) is 7.54. The monoisotopic (exact) mass is 185 g/mol. The Morgan fingerprint density at radius 1 is 1.58 bits per heavy atom. The lowest BCUT2D eigenvalue weighted by atomic mass is 10.2. The van der Waals surface area contributed by atoms with Gasteiger partial charge in [-0.15, -0.1) is 0 Å². The van der Waals surface area contributed by atoms with Gasteiger partial charge in [0.1, 0.15) is 0 Å². The summed E-state index contributed by atoms with van der Waals surface area (Å²) in [5.41, 5.74) is 4.21. The molecule has 0 amide bonds. The van der Waals surface area contributed by atoms with Crippen molar-refractivity contribution in [1.82, 2.24) is 5.48 Å². The molecule has 0 atom stereocenters. The topological polar surface area (TPSA) is 21.3 Å². The molecule has 0 saturated heterocycles. The van der Waals surface area contributed by atoms with Crippen LogP contribution < -0.4 is 5.48 Å². The van der Waals surface area contributed by atoms with E-state index in [2.05, 4.69) is 36.2 Å². The smallest absolute Gasteiger partial charge is 0.0705 e. The molecule has 0 spiro atoms. The third-order valence-electron chi connectivity index (χ3n) is 1.38. The standard InChI is InChI=1S/C9H15NOS/c1-8(2)6-11-10-5-9-3-4-12-7-9/h3-4,7-8,10H,5-6H2,1-2H3. The fourth-order valence-corrected chi connectivity index (χ4v) is 1.42. The zero-order valence-corrected chi connectivity index (χ0v) is 8.36. The van der Waals surface area contributed by atoms with Gasteiger partial charge in [-0.3, -0.25) is 0 Å². The predicted molar refractivity (Wildman–Crippen MR) is 51.9 cm³/mol. The van der Waals surface area contributed by atoms with Crippen molar-refractivity contribution in [2.75, 3.05) is 6.61 Å². The highest BCUT2D eigenvalue weighted by Crippen LogP contribution is 2.04. The first-order valence-corrected chi connectivity index (χ1v) is 5.09. The van der Waals surface area contributed by atoms with E-state index in [0.717, 1.165) is 13.2 Å². The molecule has 68 valence electrons. The fraction of sp³-hybridized carbons (Fsp3) is 0.556. The molecule has 0 bridgehead atoms.